The molecule has 1 aromatic heterocycles. The number of halogens is 1. The zero-order chi connectivity index (χ0) is 13.8. The van der Waals surface area contributed by atoms with E-state index in [2.05, 4.69) is 4.98 Å². The topological polar surface area (TPSA) is 33.2 Å². The molecule has 2 aromatic rings. The monoisotopic (exact) mass is 274 g/mol. The quantitative estimate of drug-likeness (QED) is 0.800. The van der Waals surface area contributed by atoms with Gasteiger partial charge in [0.25, 0.3) is 0 Å². The molecule has 1 aromatic carbocycles. The Morgan fingerprint density at radius 2 is 2.11 bits per heavy atom. The highest BCUT2D eigenvalue weighted by molar-refractivity contribution is 6.31. The Bertz CT molecular complexity index is 598. The first-order valence-electron chi connectivity index (χ1n) is 5.98. The van der Waals surface area contributed by atoms with E-state index in [4.69, 9.17) is 11.6 Å². The van der Waals surface area contributed by atoms with Crippen LogP contribution in [0.1, 0.15) is 21.5 Å². The van der Waals surface area contributed by atoms with Crippen molar-refractivity contribution in [3.63, 3.8) is 0 Å². The lowest BCUT2D eigenvalue weighted by molar-refractivity contribution is 0.112. The molecule has 0 atom stereocenters. The van der Waals surface area contributed by atoms with Gasteiger partial charge in [-0.2, -0.15) is 0 Å². The molecule has 0 saturated heterocycles. The highest BCUT2D eigenvalue weighted by atomic mass is 35.5. The number of carbonyl (C=O) groups excluding carboxylic acids is 1. The number of rotatable bonds is 4. The molecule has 19 heavy (non-hydrogen) atoms. The molecule has 1 heterocycles. The second-order valence-corrected chi connectivity index (χ2v) is 4.88. The van der Waals surface area contributed by atoms with Crippen LogP contribution in [0.4, 0.5) is 5.82 Å². The summed E-state index contributed by atoms with van der Waals surface area (Å²) in [6, 6.07) is 9.58. The van der Waals surface area contributed by atoms with Gasteiger partial charge >= 0.3 is 0 Å². The van der Waals surface area contributed by atoms with Crippen LogP contribution >= 0.6 is 11.6 Å². The molecule has 0 aliphatic heterocycles. The molecule has 0 spiro atoms. The lowest BCUT2D eigenvalue weighted by Gasteiger charge is -2.20. The molecule has 2 rings (SSSR count). The summed E-state index contributed by atoms with van der Waals surface area (Å²) in [7, 11) is 1.96. The van der Waals surface area contributed by atoms with Crippen LogP contribution in [0.5, 0.6) is 0 Å². The summed E-state index contributed by atoms with van der Waals surface area (Å²) in [6.07, 6.45) is 2.39. The number of hydrogen-bond acceptors (Lipinski definition) is 3. The first-order valence-corrected chi connectivity index (χ1v) is 6.36. The Morgan fingerprint density at radius 3 is 2.74 bits per heavy atom. The zero-order valence-corrected chi connectivity index (χ0v) is 11.7. The minimum absolute atomic E-state index is 0.590. The SMILES string of the molecule is Cc1cc(C=O)cnc1N(C)Cc1ccccc1Cl. The maximum Gasteiger partial charge on any atom is 0.151 e. The second-order valence-electron chi connectivity index (χ2n) is 4.47. The predicted molar refractivity (Wildman–Crippen MR) is 77.9 cm³/mol. The summed E-state index contributed by atoms with van der Waals surface area (Å²) < 4.78 is 0. The van der Waals surface area contributed by atoms with Gasteiger partial charge in [0.05, 0.1) is 0 Å². The standard InChI is InChI=1S/C15H15ClN2O/c1-11-7-12(10-19)8-17-15(11)18(2)9-13-5-3-4-6-14(13)16/h3-8,10H,9H2,1-2H3. The third-order valence-corrected chi connectivity index (χ3v) is 3.30. The Morgan fingerprint density at radius 1 is 1.37 bits per heavy atom. The molecular formula is C15H15ClN2O. The van der Waals surface area contributed by atoms with Gasteiger partial charge in [0, 0.05) is 30.4 Å². The zero-order valence-electron chi connectivity index (χ0n) is 10.9. The van der Waals surface area contributed by atoms with E-state index in [1.54, 1.807) is 6.20 Å². The Hall–Kier alpha value is -1.87. The summed E-state index contributed by atoms with van der Waals surface area (Å²) >= 11 is 6.15. The number of carbonyl (C=O) groups is 1. The number of hydrogen-bond donors (Lipinski definition) is 0. The van der Waals surface area contributed by atoms with Crippen molar-refractivity contribution in [2.45, 2.75) is 13.5 Å². The van der Waals surface area contributed by atoms with Crippen LogP contribution in [0.25, 0.3) is 0 Å². The third-order valence-electron chi connectivity index (χ3n) is 2.93. The summed E-state index contributed by atoms with van der Waals surface area (Å²) in [5.41, 5.74) is 2.61. The van der Waals surface area contributed by atoms with Crippen molar-refractivity contribution in [1.29, 1.82) is 0 Å². The van der Waals surface area contributed by atoms with E-state index >= 15 is 0 Å². The molecule has 0 aliphatic rings. The molecule has 0 fully saturated rings. The van der Waals surface area contributed by atoms with Crippen molar-refractivity contribution in [2.24, 2.45) is 0 Å². The van der Waals surface area contributed by atoms with E-state index in [1.165, 1.54) is 0 Å². The maximum atomic E-state index is 10.7. The van der Waals surface area contributed by atoms with Crippen LogP contribution in [-0.4, -0.2) is 18.3 Å². The minimum Gasteiger partial charge on any atom is -0.355 e. The lowest BCUT2D eigenvalue weighted by Crippen LogP contribution is -2.19. The molecule has 0 unspecified atom stereocenters. The molecule has 0 amide bonds. The molecule has 0 radical (unpaired) electrons. The van der Waals surface area contributed by atoms with Crippen molar-refractivity contribution in [3.8, 4) is 0 Å². The average Bonchev–Trinajstić information content (AvgIpc) is 2.41. The number of pyridine rings is 1. The number of aromatic nitrogens is 1. The summed E-state index contributed by atoms with van der Waals surface area (Å²) in [6.45, 7) is 2.62. The number of benzene rings is 1. The third kappa shape index (κ3) is 3.12. The fraction of sp³-hybridized carbons (Fsp3) is 0.200. The van der Waals surface area contributed by atoms with E-state index in [9.17, 15) is 4.79 Å². The molecular weight excluding hydrogens is 260 g/mol. The van der Waals surface area contributed by atoms with Gasteiger partial charge in [-0.05, 0) is 30.2 Å². The Labute approximate surface area is 117 Å². The molecule has 0 saturated carbocycles. The van der Waals surface area contributed by atoms with Gasteiger partial charge in [-0.1, -0.05) is 29.8 Å². The highest BCUT2D eigenvalue weighted by Gasteiger charge is 2.09. The lowest BCUT2D eigenvalue weighted by atomic mass is 10.2. The fourth-order valence-corrected chi connectivity index (χ4v) is 2.21. The van der Waals surface area contributed by atoms with Crippen molar-refractivity contribution in [1.82, 2.24) is 4.98 Å². The predicted octanol–water partition coefficient (Wildman–Crippen LogP) is 3.49. The fourth-order valence-electron chi connectivity index (χ4n) is 2.01. The minimum atomic E-state index is 0.590. The normalized spacial score (nSPS) is 10.3. The first-order chi connectivity index (χ1) is 9.11. The largest absolute Gasteiger partial charge is 0.355 e. The molecule has 0 N–H and O–H groups in total. The Kier molecular flexibility index (Phi) is 4.17. The van der Waals surface area contributed by atoms with E-state index < -0.39 is 0 Å². The van der Waals surface area contributed by atoms with Crippen LogP contribution in [0.15, 0.2) is 36.5 Å². The van der Waals surface area contributed by atoms with Crippen molar-refractivity contribution in [2.75, 3.05) is 11.9 Å². The number of nitrogens with zero attached hydrogens (tertiary/aromatic N) is 2. The van der Waals surface area contributed by atoms with E-state index in [0.717, 1.165) is 28.3 Å². The molecule has 3 nitrogen and oxygen atoms in total. The first kappa shape index (κ1) is 13.6. The van der Waals surface area contributed by atoms with Crippen LogP contribution in [0, 0.1) is 6.92 Å². The van der Waals surface area contributed by atoms with Crippen LogP contribution in [-0.2, 0) is 6.54 Å². The van der Waals surface area contributed by atoms with Gasteiger partial charge in [-0.3, -0.25) is 4.79 Å². The second kappa shape index (κ2) is 5.85. The smallest absolute Gasteiger partial charge is 0.151 e. The molecule has 0 aliphatic carbocycles. The van der Waals surface area contributed by atoms with Gasteiger partial charge in [0.1, 0.15) is 5.82 Å². The van der Waals surface area contributed by atoms with Gasteiger partial charge in [-0.25, -0.2) is 4.98 Å². The van der Waals surface area contributed by atoms with Gasteiger partial charge in [0.2, 0.25) is 0 Å². The van der Waals surface area contributed by atoms with Crippen molar-refractivity contribution in [3.05, 3.63) is 58.2 Å². The molecule has 4 heteroatoms. The summed E-state index contributed by atoms with van der Waals surface area (Å²) in [5.74, 6) is 0.852. The van der Waals surface area contributed by atoms with E-state index in [1.807, 2.05) is 49.2 Å². The van der Waals surface area contributed by atoms with E-state index in [-0.39, 0.29) is 0 Å². The Balaban J connectivity index is 2.23. The summed E-state index contributed by atoms with van der Waals surface area (Å²) in [4.78, 5) is 17.0. The van der Waals surface area contributed by atoms with E-state index in [0.29, 0.717) is 12.1 Å². The highest BCUT2D eigenvalue weighted by Crippen LogP contribution is 2.21. The van der Waals surface area contributed by atoms with Crippen LogP contribution in [0.3, 0.4) is 0 Å². The molecule has 98 valence electrons. The summed E-state index contributed by atoms with van der Waals surface area (Å²) in [5, 5.41) is 0.747. The van der Waals surface area contributed by atoms with Gasteiger partial charge < -0.3 is 4.90 Å². The number of anilines is 1. The van der Waals surface area contributed by atoms with Crippen LogP contribution in [0.2, 0.25) is 5.02 Å². The maximum absolute atomic E-state index is 10.7. The van der Waals surface area contributed by atoms with Gasteiger partial charge in [0.15, 0.2) is 6.29 Å². The van der Waals surface area contributed by atoms with Crippen molar-refractivity contribution < 1.29 is 4.79 Å². The number of aldehydes is 1. The average molecular weight is 275 g/mol. The van der Waals surface area contributed by atoms with Crippen LogP contribution < -0.4 is 4.90 Å². The van der Waals surface area contributed by atoms with Crippen molar-refractivity contribution >= 4 is 23.7 Å². The number of aryl methyl sites for hydroxylation is 1. The molecule has 0 bridgehead atoms. The van der Waals surface area contributed by atoms with Gasteiger partial charge in [-0.15, -0.1) is 0 Å².